The van der Waals surface area contributed by atoms with Crippen molar-refractivity contribution in [2.75, 3.05) is 11.9 Å². The molecule has 1 rings (SSSR count). The Morgan fingerprint density at radius 2 is 1.76 bits per heavy atom. The van der Waals surface area contributed by atoms with Crippen LogP contribution in [0.2, 0.25) is 0 Å². The average molecular weight is 315 g/mol. The van der Waals surface area contributed by atoms with Crippen molar-refractivity contribution in [2.45, 2.75) is 24.2 Å². The van der Waals surface area contributed by atoms with Crippen LogP contribution in [0.4, 0.5) is 10.5 Å². The van der Waals surface area contributed by atoms with Crippen molar-refractivity contribution in [3.8, 4) is 0 Å². The maximum Gasteiger partial charge on any atom is 0.319 e. The second-order valence-electron chi connectivity index (χ2n) is 4.30. The quantitative estimate of drug-likeness (QED) is 0.549. The van der Waals surface area contributed by atoms with E-state index in [0.29, 0.717) is 25.1 Å². The summed E-state index contributed by atoms with van der Waals surface area (Å²) < 4.78 is 22.1. The number of amides is 2. The first-order valence-electron chi connectivity index (χ1n) is 6.18. The van der Waals surface area contributed by atoms with E-state index >= 15 is 0 Å². The lowest BCUT2D eigenvalue weighted by Gasteiger charge is -2.07. The Hall–Kier alpha value is -2.13. The number of hydrogen-bond donors (Lipinski definition) is 4. The number of nitrogens with one attached hydrogen (secondary N) is 2. The number of aliphatic carboxylic acids is 1. The lowest BCUT2D eigenvalue weighted by atomic mass is 10.2. The van der Waals surface area contributed by atoms with Gasteiger partial charge in [-0.05, 0) is 37.1 Å². The van der Waals surface area contributed by atoms with Crippen LogP contribution >= 0.6 is 0 Å². The molecule has 0 bridgehead atoms. The maximum absolute atomic E-state index is 11.5. The van der Waals surface area contributed by atoms with Crippen molar-refractivity contribution >= 4 is 27.7 Å². The molecule has 0 saturated carbocycles. The molecule has 0 atom stereocenters. The molecule has 0 aliphatic rings. The van der Waals surface area contributed by atoms with Crippen molar-refractivity contribution in [1.82, 2.24) is 5.32 Å². The Morgan fingerprint density at radius 1 is 1.14 bits per heavy atom. The first-order chi connectivity index (χ1) is 9.79. The molecular formula is C12H17N3O5S. The number of nitrogens with two attached hydrogens (primary N) is 1. The summed E-state index contributed by atoms with van der Waals surface area (Å²) >= 11 is 0. The minimum absolute atomic E-state index is 0.0397. The number of carbonyl (C=O) groups is 2. The molecule has 9 heteroatoms. The SMILES string of the molecule is NS(=O)(=O)c1ccc(NC(=O)NCCCCC(=O)O)cc1. The molecule has 0 heterocycles. The first-order valence-corrected chi connectivity index (χ1v) is 7.73. The van der Waals surface area contributed by atoms with Crippen molar-refractivity contribution in [1.29, 1.82) is 0 Å². The van der Waals surface area contributed by atoms with Crippen LogP contribution in [0.5, 0.6) is 0 Å². The van der Waals surface area contributed by atoms with Gasteiger partial charge in [0.05, 0.1) is 4.90 Å². The molecule has 0 fully saturated rings. The fraction of sp³-hybridized carbons (Fsp3) is 0.333. The predicted octanol–water partition coefficient (Wildman–Crippen LogP) is 0.710. The van der Waals surface area contributed by atoms with Crippen LogP contribution in [0, 0.1) is 0 Å². The van der Waals surface area contributed by atoms with Crippen LogP contribution < -0.4 is 15.8 Å². The summed E-state index contributed by atoms with van der Waals surface area (Å²) in [5.74, 6) is -0.866. The molecule has 116 valence electrons. The van der Waals surface area contributed by atoms with Gasteiger partial charge in [0.1, 0.15) is 0 Å². The van der Waals surface area contributed by atoms with Gasteiger partial charge in [-0.15, -0.1) is 0 Å². The fourth-order valence-corrected chi connectivity index (χ4v) is 2.02. The first kappa shape index (κ1) is 16.9. The molecule has 0 aliphatic heterocycles. The zero-order valence-electron chi connectivity index (χ0n) is 11.2. The number of benzene rings is 1. The lowest BCUT2D eigenvalue weighted by Crippen LogP contribution is -2.29. The number of sulfonamides is 1. The van der Waals surface area contributed by atoms with E-state index in [0.717, 1.165) is 0 Å². The standard InChI is InChI=1S/C12H17N3O5S/c13-21(19,20)10-6-4-9(5-7-10)15-12(18)14-8-2-1-3-11(16)17/h4-7H,1-3,8H2,(H,16,17)(H2,13,19,20)(H2,14,15,18). The van der Waals surface area contributed by atoms with Crippen molar-refractivity contribution < 1.29 is 23.1 Å². The van der Waals surface area contributed by atoms with E-state index in [-0.39, 0.29) is 11.3 Å². The van der Waals surface area contributed by atoms with Gasteiger partial charge < -0.3 is 15.7 Å². The summed E-state index contributed by atoms with van der Waals surface area (Å²) in [6.45, 7) is 0.356. The summed E-state index contributed by atoms with van der Waals surface area (Å²) in [7, 11) is -3.75. The minimum atomic E-state index is -3.75. The summed E-state index contributed by atoms with van der Waals surface area (Å²) in [5, 5.41) is 18.5. The number of urea groups is 1. The van der Waals surface area contributed by atoms with Crippen LogP contribution in [-0.4, -0.2) is 32.1 Å². The second-order valence-corrected chi connectivity index (χ2v) is 5.86. The van der Waals surface area contributed by atoms with Crippen molar-refractivity contribution in [3.63, 3.8) is 0 Å². The molecule has 8 nitrogen and oxygen atoms in total. The number of carboxylic acids is 1. The Morgan fingerprint density at radius 3 is 2.29 bits per heavy atom. The van der Waals surface area contributed by atoms with Gasteiger partial charge in [0, 0.05) is 18.7 Å². The van der Waals surface area contributed by atoms with E-state index in [2.05, 4.69) is 10.6 Å². The molecule has 21 heavy (non-hydrogen) atoms. The fourth-order valence-electron chi connectivity index (χ4n) is 1.51. The topological polar surface area (TPSA) is 139 Å². The number of carbonyl (C=O) groups excluding carboxylic acids is 1. The van der Waals surface area contributed by atoms with Gasteiger partial charge in [-0.25, -0.2) is 18.4 Å². The molecule has 0 aromatic heterocycles. The molecular weight excluding hydrogens is 298 g/mol. The van der Waals surface area contributed by atoms with Gasteiger partial charge >= 0.3 is 12.0 Å². The number of unbranched alkanes of at least 4 members (excludes halogenated alkanes) is 1. The Labute approximate surface area is 122 Å². The molecule has 0 unspecified atom stereocenters. The lowest BCUT2D eigenvalue weighted by molar-refractivity contribution is -0.137. The zero-order chi connectivity index (χ0) is 15.9. The van der Waals surface area contributed by atoms with Crippen molar-refractivity contribution in [2.24, 2.45) is 5.14 Å². The number of primary sulfonamides is 1. The van der Waals surface area contributed by atoms with Crippen LogP contribution in [0.25, 0.3) is 0 Å². The van der Waals surface area contributed by atoms with E-state index in [1.807, 2.05) is 0 Å². The van der Waals surface area contributed by atoms with Gasteiger partial charge in [-0.3, -0.25) is 4.79 Å². The van der Waals surface area contributed by atoms with Gasteiger partial charge in [0.15, 0.2) is 0 Å². The highest BCUT2D eigenvalue weighted by Gasteiger charge is 2.07. The maximum atomic E-state index is 11.5. The third-order valence-electron chi connectivity index (χ3n) is 2.54. The molecule has 1 aromatic carbocycles. The average Bonchev–Trinajstić information content (AvgIpc) is 2.37. The Kier molecular flexibility index (Phi) is 6.12. The van der Waals surface area contributed by atoms with Gasteiger partial charge in [-0.2, -0.15) is 0 Å². The van der Waals surface area contributed by atoms with E-state index in [1.54, 1.807) is 0 Å². The second kappa shape index (κ2) is 7.60. The number of hydrogen-bond acceptors (Lipinski definition) is 4. The van der Waals surface area contributed by atoms with Crippen LogP contribution in [0.15, 0.2) is 29.2 Å². The molecule has 0 spiro atoms. The highest BCUT2D eigenvalue weighted by atomic mass is 32.2. The van der Waals surface area contributed by atoms with Crippen LogP contribution in [0.1, 0.15) is 19.3 Å². The molecule has 1 aromatic rings. The smallest absolute Gasteiger partial charge is 0.319 e. The largest absolute Gasteiger partial charge is 0.481 e. The summed E-state index contributed by atoms with van der Waals surface area (Å²) in [5.41, 5.74) is 0.422. The van der Waals surface area contributed by atoms with E-state index in [4.69, 9.17) is 10.2 Å². The van der Waals surface area contributed by atoms with E-state index in [1.165, 1.54) is 24.3 Å². The Bertz CT molecular complexity index is 598. The van der Waals surface area contributed by atoms with E-state index in [9.17, 15) is 18.0 Å². The van der Waals surface area contributed by atoms with Gasteiger partial charge in [-0.1, -0.05) is 0 Å². The summed E-state index contributed by atoms with van der Waals surface area (Å²) in [4.78, 5) is 21.8. The Balaban J connectivity index is 2.36. The van der Waals surface area contributed by atoms with Crippen molar-refractivity contribution in [3.05, 3.63) is 24.3 Å². The van der Waals surface area contributed by atoms with Crippen LogP contribution in [0.3, 0.4) is 0 Å². The van der Waals surface area contributed by atoms with Crippen LogP contribution in [-0.2, 0) is 14.8 Å². The molecule has 2 amide bonds. The third-order valence-corrected chi connectivity index (χ3v) is 3.47. The number of carboxylic acid groups (broad SMARTS) is 1. The molecule has 0 radical (unpaired) electrons. The predicted molar refractivity (Wildman–Crippen MR) is 76.3 cm³/mol. The monoisotopic (exact) mass is 315 g/mol. The number of rotatable bonds is 7. The zero-order valence-corrected chi connectivity index (χ0v) is 12.0. The van der Waals surface area contributed by atoms with Gasteiger partial charge in [0.25, 0.3) is 0 Å². The highest BCUT2D eigenvalue weighted by Crippen LogP contribution is 2.12. The molecule has 0 saturated heterocycles. The summed E-state index contributed by atoms with van der Waals surface area (Å²) in [6, 6.07) is 4.97. The van der Waals surface area contributed by atoms with E-state index < -0.39 is 22.0 Å². The minimum Gasteiger partial charge on any atom is -0.481 e. The molecule has 5 N–H and O–H groups in total. The number of anilines is 1. The summed E-state index contributed by atoms with van der Waals surface area (Å²) in [6.07, 6.45) is 1.11. The highest BCUT2D eigenvalue weighted by molar-refractivity contribution is 7.89. The van der Waals surface area contributed by atoms with Gasteiger partial charge in [0.2, 0.25) is 10.0 Å². The third kappa shape index (κ3) is 6.72. The normalized spacial score (nSPS) is 10.9. The molecule has 0 aliphatic carbocycles.